The average molecular weight is 246 g/mol. The highest BCUT2D eigenvalue weighted by molar-refractivity contribution is 5.78. The van der Waals surface area contributed by atoms with Gasteiger partial charge >= 0.3 is 0 Å². The van der Waals surface area contributed by atoms with E-state index < -0.39 is 11.6 Å². The smallest absolute Gasteiger partial charge is 0.161 e. The summed E-state index contributed by atoms with van der Waals surface area (Å²) >= 11 is 0. The maximum atomic E-state index is 13.1. The van der Waals surface area contributed by atoms with Gasteiger partial charge in [-0.05, 0) is 6.92 Å². The van der Waals surface area contributed by atoms with E-state index in [0.717, 1.165) is 17.8 Å². The fraction of sp³-hybridized carbons (Fsp3) is 0.0833. The van der Waals surface area contributed by atoms with Gasteiger partial charge < -0.3 is 4.98 Å². The molecule has 4 nitrogen and oxygen atoms in total. The molecule has 0 bridgehead atoms. The highest BCUT2D eigenvalue weighted by Crippen LogP contribution is 2.20. The van der Waals surface area contributed by atoms with Crippen molar-refractivity contribution in [1.82, 2.24) is 19.9 Å². The monoisotopic (exact) mass is 246 g/mol. The van der Waals surface area contributed by atoms with Gasteiger partial charge in [0.25, 0.3) is 0 Å². The SMILES string of the molecule is Cc1cnc(-c2nc3cc(F)c(F)cc3[nH]2)cn1. The molecule has 18 heavy (non-hydrogen) atoms. The number of benzene rings is 1. The van der Waals surface area contributed by atoms with Crippen LogP contribution in [0.25, 0.3) is 22.6 Å². The Bertz CT molecular complexity index is 680. The van der Waals surface area contributed by atoms with Crippen molar-refractivity contribution in [3.05, 3.63) is 41.9 Å². The van der Waals surface area contributed by atoms with Gasteiger partial charge in [0.2, 0.25) is 0 Å². The number of nitrogens with zero attached hydrogens (tertiary/aromatic N) is 3. The van der Waals surface area contributed by atoms with E-state index in [9.17, 15) is 8.78 Å². The second-order valence-corrected chi connectivity index (χ2v) is 3.91. The first-order valence-corrected chi connectivity index (χ1v) is 5.27. The summed E-state index contributed by atoms with van der Waals surface area (Å²) in [4.78, 5) is 15.3. The number of aromatic nitrogens is 4. The van der Waals surface area contributed by atoms with Crippen LogP contribution in [0, 0.1) is 18.6 Å². The van der Waals surface area contributed by atoms with E-state index in [0.29, 0.717) is 22.6 Å². The number of halogens is 2. The molecule has 6 heteroatoms. The Labute approximate surface area is 101 Å². The highest BCUT2D eigenvalue weighted by Gasteiger charge is 2.10. The molecule has 0 aliphatic heterocycles. The summed E-state index contributed by atoms with van der Waals surface area (Å²) in [7, 11) is 0. The zero-order chi connectivity index (χ0) is 12.7. The molecule has 0 saturated carbocycles. The molecule has 1 N–H and O–H groups in total. The summed E-state index contributed by atoms with van der Waals surface area (Å²) in [5.41, 5.74) is 2.09. The van der Waals surface area contributed by atoms with Crippen LogP contribution in [0.4, 0.5) is 8.78 Å². The van der Waals surface area contributed by atoms with E-state index in [1.54, 1.807) is 12.4 Å². The summed E-state index contributed by atoms with van der Waals surface area (Å²) < 4.78 is 26.1. The first kappa shape index (κ1) is 10.8. The number of hydrogen-bond donors (Lipinski definition) is 1. The van der Waals surface area contributed by atoms with Crippen molar-refractivity contribution in [3.8, 4) is 11.5 Å². The molecule has 0 atom stereocenters. The Morgan fingerprint density at radius 3 is 2.56 bits per heavy atom. The summed E-state index contributed by atoms with van der Waals surface area (Å²) in [6, 6.07) is 2.12. The van der Waals surface area contributed by atoms with Crippen LogP contribution >= 0.6 is 0 Å². The molecular formula is C12H8F2N4. The van der Waals surface area contributed by atoms with Crippen molar-refractivity contribution in [1.29, 1.82) is 0 Å². The molecule has 3 aromatic rings. The Morgan fingerprint density at radius 1 is 1.06 bits per heavy atom. The lowest BCUT2D eigenvalue weighted by molar-refractivity contribution is 0.510. The maximum absolute atomic E-state index is 13.1. The number of aryl methyl sites for hydroxylation is 1. The Kier molecular flexibility index (Phi) is 2.29. The van der Waals surface area contributed by atoms with Gasteiger partial charge in [-0.15, -0.1) is 0 Å². The Balaban J connectivity index is 2.16. The zero-order valence-corrected chi connectivity index (χ0v) is 9.41. The lowest BCUT2D eigenvalue weighted by Gasteiger charge is -1.94. The predicted octanol–water partition coefficient (Wildman–Crippen LogP) is 2.61. The lowest BCUT2D eigenvalue weighted by atomic mass is 10.3. The van der Waals surface area contributed by atoms with Crippen LogP contribution in [0.15, 0.2) is 24.5 Å². The van der Waals surface area contributed by atoms with Crippen molar-refractivity contribution in [3.63, 3.8) is 0 Å². The van der Waals surface area contributed by atoms with Gasteiger partial charge in [0.05, 0.1) is 22.9 Å². The van der Waals surface area contributed by atoms with E-state index in [2.05, 4.69) is 19.9 Å². The third-order valence-corrected chi connectivity index (χ3v) is 2.55. The normalized spacial score (nSPS) is 11.1. The van der Waals surface area contributed by atoms with E-state index in [4.69, 9.17) is 0 Å². The van der Waals surface area contributed by atoms with Gasteiger partial charge in [0.1, 0.15) is 5.69 Å². The van der Waals surface area contributed by atoms with E-state index in [-0.39, 0.29) is 0 Å². The third kappa shape index (κ3) is 1.71. The van der Waals surface area contributed by atoms with Gasteiger partial charge in [0, 0.05) is 18.3 Å². The van der Waals surface area contributed by atoms with Gasteiger partial charge in [-0.2, -0.15) is 0 Å². The number of H-pyrrole nitrogens is 1. The number of nitrogens with one attached hydrogen (secondary N) is 1. The fourth-order valence-corrected chi connectivity index (χ4v) is 1.64. The fourth-order valence-electron chi connectivity index (χ4n) is 1.64. The minimum atomic E-state index is -0.921. The first-order valence-electron chi connectivity index (χ1n) is 5.27. The molecule has 3 rings (SSSR count). The van der Waals surface area contributed by atoms with E-state index in [1.165, 1.54) is 0 Å². The topological polar surface area (TPSA) is 54.5 Å². The van der Waals surface area contributed by atoms with Crippen LogP contribution in [0.2, 0.25) is 0 Å². The summed E-state index contributed by atoms with van der Waals surface area (Å²) in [6.07, 6.45) is 3.16. The Morgan fingerprint density at radius 2 is 1.83 bits per heavy atom. The molecule has 90 valence electrons. The minimum absolute atomic E-state index is 0.353. The minimum Gasteiger partial charge on any atom is -0.337 e. The first-order chi connectivity index (χ1) is 8.63. The molecule has 2 heterocycles. The third-order valence-electron chi connectivity index (χ3n) is 2.55. The second-order valence-electron chi connectivity index (χ2n) is 3.91. The van der Waals surface area contributed by atoms with Crippen molar-refractivity contribution in [2.75, 3.05) is 0 Å². The summed E-state index contributed by atoms with van der Waals surface area (Å²) in [5.74, 6) is -1.40. The number of rotatable bonds is 1. The van der Waals surface area contributed by atoms with Crippen LogP contribution in [0.5, 0.6) is 0 Å². The van der Waals surface area contributed by atoms with Crippen LogP contribution < -0.4 is 0 Å². The number of imidazole rings is 1. The van der Waals surface area contributed by atoms with Crippen molar-refractivity contribution < 1.29 is 8.78 Å². The van der Waals surface area contributed by atoms with Crippen LogP contribution in [0.1, 0.15) is 5.69 Å². The van der Waals surface area contributed by atoms with E-state index >= 15 is 0 Å². The molecule has 1 aromatic carbocycles. The van der Waals surface area contributed by atoms with Crippen molar-refractivity contribution >= 4 is 11.0 Å². The largest absolute Gasteiger partial charge is 0.337 e. The predicted molar refractivity (Wildman–Crippen MR) is 61.8 cm³/mol. The molecule has 0 aliphatic rings. The highest BCUT2D eigenvalue weighted by atomic mass is 19.2. The molecule has 0 aliphatic carbocycles. The molecule has 0 fully saturated rings. The van der Waals surface area contributed by atoms with Gasteiger partial charge in [0.15, 0.2) is 17.5 Å². The van der Waals surface area contributed by atoms with Gasteiger partial charge in [-0.25, -0.2) is 18.7 Å². The number of aromatic amines is 1. The maximum Gasteiger partial charge on any atom is 0.161 e. The Hall–Kier alpha value is -2.37. The summed E-state index contributed by atoms with van der Waals surface area (Å²) in [5, 5.41) is 0. The van der Waals surface area contributed by atoms with Crippen LogP contribution in [0.3, 0.4) is 0 Å². The molecule has 0 amide bonds. The van der Waals surface area contributed by atoms with Crippen LogP contribution in [-0.4, -0.2) is 19.9 Å². The molecule has 0 saturated heterocycles. The lowest BCUT2D eigenvalue weighted by Crippen LogP contribution is -1.89. The average Bonchev–Trinajstić information content (AvgIpc) is 2.73. The molecular weight excluding hydrogens is 238 g/mol. The molecule has 2 aromatic heterocycles. The quantitative estimate of drug-likeness (QED) is 0.718. The standard InChI is InChI=1S/C12H8F2N4/c1-6-4-16-11(5-15-6)12-17-9-2-7(13)8(14)3-10(9)18-12/h2-5H,1H3,(H,17,18). The number of hydrogen-bond acceptors (Lipinski definition) is 3. The summed E-state index contributed by atoms with van der Waals surface area (Å²) in [6.45, 7) is 1.82. The molecule has 0 spiro atoms. The molecule has 0 radical (unpaired) electrons. The van der Waals surface area contributed by atoms with Crippen LogP contribution in [-0.2, 0) is 0 Å². The van der Waals surface area contributed by atoms with Gasteiger partial charge in [-0.1, -0.05) is 0 Å². The second kappa shape index (κ2) is 3.83. The zero-order valence-electron chi connectivity index (χ0n) is 9.41. The van der Waals surface area contributed by atoms with Gasteiger partial charge in [-0.3, -0.25) is 4.98 Å². The van der Waals surface area contributed by atoms with Crippen molar-refractivity contribution in [2.45, 2.75) is 6.92 Å². The molecule has 0 unspecified atom stereocenters. The van der Waals surface area contributed by atoms with Crippen molar-refractivity contribution in [2.24, 2.45) is 0 Å². The number of fused-ring (bicyclic) bond motifs is 1. The van der Waals surface area contributed by atoms with E-state index in [1.807, 2.05) is 6.92 Å².